The summed E-state index contributed by atoms with van der Waals surface area (Å²) in [6.07, 6.45) is -0.308. The fourth-order valence-electron chi connectivity index (χ4n) is 1.78. The summed E-state index contributed by atoms with van der Waals surface area (Å²) in [7, 11) is 1.70. The molecule has 1 N–H and O–H groups in total. The van der Waals surface area contributed by atoms with Gasteiger partial charge in [0.15, 0.2) is 0 Å². The number of benzene rings is 1. The van der Waals surface area contributed by atoms with Gasteiger partial charge in [-0.25, -0.2) is 0 Å². The van der Waals surface area contributed by atoms with E-state index in [4.69, 9.17) is 4.74 Å². The SMILES string of the molecule is COCCN(Cc1ccc(C)cc1)C[C@H](C)O. The van der Waals surface area contributed by atoms with Gasteiger partial charge in [-0.2, -0.15) is 0 Å². The first kappa shape index (κ1) is 14.2. The lowest BCUT2D eigenvalue weighted by atomic mass is 10.1. The van der Waals surface area contributed by atoms with Crippen molar-refractivity contribution in [3.8, 4) is 0 Å². The summed E-state index contributed by atoms with van der Waals surface area (Å²) in [5.41, 5.74) is 2.54. The summed E-state index contributed by atoms with van der Waals surface area (Å²) < 4.78 is 5.09. The van der Waals surface area contributed by atoms with Crippen LogP contribution in [0.25, 0.3) is 0 Å². The van der Waals surface area contributed by atoms with Gasteiger partial charge in [-0.05, 0) is 19.4 Å². The number of aliphatic hydroxyl groups excluding tert-OH is 1. The molecule has 1 aromatic carbocycles. The van der Waals surface area contributed by atoms with Crippen molar-refractivity contribution in [2.75, 3.05) is 26.8 Å². The molecule has 0 saturated heterocycles. The summed E-state index contributed by atoms with van der Waals surface area (Å²) in [4.78, 5) is 2.21. The van der Waals surface area contributed by atoms with Crippen LogP contribution in [0.3, 0.4) is 0 Å². The first-order valence-corrected chi connectivity index (χ1v) is 6.06. The summed E-state index contributed by atoms with van der Waals surface area (Å²) in [5, 5.41) is 9.46. The van der Waals surface area contributed by atoms with Crippen LogP contribution in [0.2, 0.25) is 0 Å². The summed E-state index contributed by atoms with van der Waals surface area (Å²) >= 11 is 0. The highest BCUT2D eigenvalue weighted by Gasteiger charge is 2.08. The average Bonchev–Trinajstić information content (AvgIpc) is 2.28. The number of ether oxygens (including phenoxy) is 1. The Morgan fingerprint density at radius 3 is 2.47 bits per heavy atom. The zero-order chi connectivity index (χ0) is 12.7. The van der Waals surface area contributed by atoms with Gasteiger partial charge in [0.25, 0.3) is 0 Å². The molecule has 3 nitrogen and oxygen atoms in total. The Hall–Kier alpha value is -0.900. The number of hydrogen-bond acceptors (Lipinski definition) is 3. The number of aryl methyl sites for hydroxylation is 1. The molecule has 17 heavy (non-hydrogen) atoms. The van der Waals surface area contributed by atoms with Crippen molar-refractivity contribution < 1.29 is 9.84 Å². The molecule has 1 aromatic rings. The average molecular weight is 237 g/mol. The zero-order valence-electron chi connectivity index (χ0n) is 11.0. The largest absolute Gasteiger partial charge is 0.392 e. The van der Waals surface area contributed by atoms with Gasteiger partial charge in [-0.15, -0.1) is 0 Å². The van der Waals surface area contributed by atoms with E-state index in [-0.39, 0.29) is 6.10 Å². The molecule has 0 aliphatic heterocycles. The molecular weight excluding hydrogens is 214 g/mol. The van der Waals surface area contributed by atoms with E-state index in [1.54, 1.807) is 7.11 Å². The van der Waals surface area contributed by atoms with Crippen LogP contribution in [0, 0.1) is 6.92 Å². The van der Waals surface area contributed by atoms with Crippen molar-refractivity contribution in [1.82, 2.24) is 4.90 Å². The van der Waals surface area contributed by atoms with Gasteiger partial charge >= 0.3 is 0 Å². The molecule has 1 rings (SSSR count). The lowest BCUT2D eigenvalue weighted by Crippen LogP contribution is -2.33. The molecule has 0 aliphatic rings. The van der Waals surface area contributed by atoms with Crippen molar-refractivity contribution in [3.05, 3.63) is 35.4 Å². The molecule has 0 aromatic heterocycles. The number of aliphatic hydroxyl groups is 1. The summed E-state index contributed by atoms with van der Waals surface area (Å²) in [6.45, 7) is 6.97. The van der Waals surface area contributed by atoms with E-state index in [0.717, 1.165) is 13.1 Å². The highest BCUT2D eigenvalue weighted by Crippen LogP contribution is 2.07. The zero-order valence-corrected chi connectivity index (χ0v) is 11.0. The first-order valence-electron chi connectivity index (χ1n) is 6.06. The highest BCUT2D eigenvalue weighted by molar-refractivity contribution is 5.21. The molecule has 0 bridgehead atoms. The maximum absolute atomic E-state index is 9.46. The molecule has 0 unspecified atom stereocenters. The highest BCUT2D eigenvalue weighted by atomic mass is 16.5. The van der Waals surface area contributed by atoms with E-state index < -0.39 is 0 Å². The Labute approximate surface area is 104 Å². The third-order valence-corrected chi connectivity index (χ3v) is 2.66. The van der Waals surface area contributed by atoms with E-state index in [1.165, 1.54) is 11.1 Å². The van der Waals surface area contributed by atoms with Gasteiger partial charge < -0.3 is 9.84 Å². The topological polar surface area (TPSA) is 32.7 Å². The second kappa shape index (κ2) is 7.43. The van der Waals surface area contributed by atoms with Crippen LogP contribution < -0.4 is 0 Å². The van der Waals surface area contributed by atoms with Gasteiger partial charge in [0.2, 0.25) is 0 Å². The van der Waals surface area contributed by atoms with Crippen LogP contribution in [0.5, 0.6) is 0 Å². The van der Waals surface area contributed by atoms with Gasteiger partial charge in [0.1, 0.15) is 0 Å². The Morgan fingerprint density at radius 1 is 1.29 bits per heavy atom. The van der Waals surface area contributed by atoms with Crippen LogP contribution in [0.1, 0.15) is 18.1 Å². The van der Waals surface area contributed by atoms with Gasteiger partial charge in [-0.3, -0.25) is 4.90 Å². The van der Waals surface area contributed by atoms with E-state index in [1.807, 2.05) is 6.92 Å². The Balaban J connectivity index is 2.54. The van der Waals surface area contributed by atoms with Crippen molar-refractivity contribution >= 4 is 0 Å². The minimum Gasteiger partial charge on any atom is -0.392 e. The van der Waals surface area contributed by atoms with E-state index in [9.17, 15) is 5.11 Å². The smallest absolute Gasteiger partial charge is 0.0639 e. The quantitative estimate of drug-likeness (QED) is 0.785. The molecule has 0 heterocycles. The van der Waals surface area contributed by atoms with Crippen LogP contribution in [0.4, 0.5) is 0 Å². The summed E-state index contributed by atoms with van der Waals surface area (Å²) in [6, 6.07) is 8.51. The number of rotatable bonds is 7. The van der Waals surface area contributed by atoms with Crippen LogP contribution in [-0.2, 0) is 11.3 Å². The normalized spacial score (nSPS) is 13.0. The first-order chi connectivity index (χ1) is 8.11. The molecule has 96 valence electrons. The molecule has 0 saturated carbocycles. The van der Waals surface area contributed by atoms with Crippen LogP contribution in [0.15, 0.2) is 24.3 Å². The molecular formula is C14H23NO2. The molecule has 0 amide bonds. The number of methoxy groups -OCH3 is 1. The van der Waals surface area contributed by atoms with Gasteiger partial charge in [-0.1, -0.05) is 29.8 Å². The molecule has 3 heteroatoms. The van der Waals surface area contributed by atoms with E-state index >= 15 is 0 Å². The molecule has 1 atom stereocenters. The lowest BCUT2D eigenvalue weighted by Gasteiger charge is -2.23. The fourth-order valence-corrected chi connectivity index (χ4v) is 1.78. The maximum Gasteiger partial charge on any atom is 0.0639 e. The third-order valence-electron chi connectivity index (χ3n) is 2.66. The Morgan fingerprint density at radius 2 is 1.94 bits per heavy atom. The minimum absolute atomic E-state index is 0.308. The van der Waals surface area contributed by atoms with Crippen molar-refractivity contribution in [2.24, 2.45) is 0 Å². The van der Waals surface area contributed by atoms with E-state index in [0.29, 0.717) is 13.2 Å². The lowest BCUT2D eigenvalue weighted by molar-refractivity contribution is 0.0940. The third kappa shape index (κ3) is 5.82. The minimum atomic E-state index is -0.308. The van der Waals surface area contributed by atoms with Crippen LogP contribution in [-0.4, -0.2) is 42.9 Å². The second-order valence-corrected chi connectivity index (χ2v) is 4.56. The van der Waals surface area contributed by atoms with E-state index in [2.05, 4.69) is 36.1 Å². The second-order valence-electron chi connectivity index (χ2n) is 4.56. The molecule has 0 aliphatic carbocycles. The van der Waals surface area contributed by atoms with Gasteiger partial charge in [0.05, 0.1) is 12.7 Å². The fraction of sp³-hybridized carbons (Fsp3) is 0.571. The molecule has 0 radical (unpaired) electrons. The Kier molecular flexibility index (Phi) is 6.19. The van der Waals surface area contributed by atoms with Crippen molar-refractivity contribution in [1.29, 1.82) is 0 Å². The van der Waals surface area contributed by atoms with Crippen molar-refractivity contribution in [3.63, 3.8) is 0 Å². The molecule has 0 fully saturated rings. The van der Waals surface area contributed by atoms with Crippen molar-refractivity contribution in [2.45, 2.75) is 26.5 Å². The summed E-state index contributed by atoms with van der Waals surface area (Å²) in [5.74, 6) is 0. The van der Waals surface area contributed by atoms with Gasteiger partial charge in [0, 0.05) is 26.7 Å². The predicted molar refractivity (Wildman–Crippen MR) is 70.0 cm³/mol. The predicted octanol–water partition coefficient (Wildman–Crippen LogP) is 1.82. The number of hydrogen-bond donors (Lipinski definition) is 1. The van der Waals surface area contributed by atoms with Crippen LogP contribution >= 0.6 is 0 Å². The maximum atomic E-state index is 9.46. The molecule has 0 spiro atoms. The monoisotopic (exact) mass is 237 g/mol. The standard InChI is InChI=1S/C14H23NO2/c1-12-4-6-14(7-5-12)11-15(8-9-17-3)10-13(2)16/h4-7,13,16H,8-11H2,1-3H3/t13-/m0/s1. The number of nitrogens with zero attached hydrogens (tertiary/aromatic N) is 1. The Bertz CT molecular complexity index is 309.